The van der Waals surface area contributed by atoms with E-state index in [4.69, 9.17) is 5.11 Å². The Labute approximate surface area is 100 Å². The van der Waals surface area contributed by atoms with Gasteiger partial charge in [0.25, 0.3) is 0 Å². The minimum atomic E-state index is -0.964. The first-order valence-electron chi connectivity index (χ1n) is 5.10. The summed E-state index contributed by atoms with van der Waals surface area (Å²) in [5, 5.41) is 11.9. The third kappa shape index (κ3) is 2.36. The van der Waals surface area contributed by atoms with E-state index in [2.05, 4.69) is 12.6 Å². The van der Waals surface area contributed by atoms with Crippen LogP contribution >= 0.6 is 0 Å². The fraction of sp³-hybridized carbons (Fsp3) is 0. The quantitative estimate of drug-likeness (QED) is 0.762. The van der Waals surface area contributed by atoms with E-state index in [0.29, 0.717) is 5.69 Å². The van der Waals surface area contributed by atoms with Crippen LogP contribution in [0.4, 0.5) is 5.69 Å². The molecule has 0 atom stereocenters. The number of hydrogen-bond donors (Lipinski definition) is 2. The second-order valence-electron chi connectivity index (χ2n) is 3.47. The van der Waals surface area contributed by atoms with Crippen LogP contribution in [-0.2, 0) is 0 Å². The third-order valence-electron chi connectivity index (χ3n) is 2.39. The summed E-state index contributed by atoms with van der Waals surface area (Å²) in [5.74, 6) is -0.964. The maximum absolute atomic E-state index is 11.0. The molecule has 0 saturated heterocycles. The zero-order valence-corrected chi connectivity index (χ0v) is 9.13. The van der Waals surface area contributed by atoms with E-state index < -0.39 is 5.97 Å². The molecule has 0 aliphatic carbocycles. The van der Waals surface area contributed by atoms with Gasteiger partial charge in [0.2, 0.25) is 0 Å². The molecule has 0 aliphatic rings. The second kappa shape index (κ2) is 4.82. The topological polar surface area (TPSA) is 54.3 Å². The van der Waals surface area contributed by atoms with Crippen molar-refractivity contribution in [2.45, 2.75) is 0 Å². The molecule has 0 radical (unpaired) electrons. The van der Waals surface area contributed by atoms with E-state index in [1.807, 2.05) is 29.1 Å². The van der Waals surface area contributed by atoms with Crippen LogP contribution in [0.25, 0.3) is 5.69 Å². The molecule has 0 aliphatic heterocycles. The minimum absolute atomic E-state index is 0.223. The van der Waals surface area contributed by atoms with Gasteiger partial charge in [-0.25, -0.2) is 0 Å². The van der Waals surface area contributed by atoms with Crippen molar-refractivity contribution >= 4 is 26.0 Å². The van der Waals surface area contributed by atoms with Gasteiger partial charge in [-0.15, -0.1) is 0 Å². The Morgan fingerprint density at radius 1 is 1.35 bits per heavy atom. The van der Waals surface area contributed by atoms with Crippen LogP contribution in [0, 0.1) is 0 Å². The molecule has 0 spiro atoms. The summed E-state index contributed by atoms with van der Waals surface area (Å²) >= 11 is 0. The molecule has 0 fully saturated rings. The van der Waals surface area contributed by atoms with Crippen LogP contribution in [-0.4, -0.2) is 29.9 Å². The molecule has 4 nitrogen and oxygen atoms in total. The molecule has 0 saturated carbocycles. The summed E-state index contributed by atoms with van der Waals surface area (Å²) < 4.78 is 1.90. The van der Waals surface area contributed by atoms with Crippen molar-refractivity contribution in [3.63, 3.8) is 0 Å². The molecule has 2 rings (SSSR count). The maximum atomic E-state index is 11.0. The molecule has 2 aromatic rings. The molecule has 1 heterocycles. The average Bonchev–Trinajstić information content (AvgIpc) is 2.82. The SMILES string of the molecule is B=BNc1cc(-n2cccc2)ccc1C(=O)O. The number of nitrogens with zero attached hydrogens (tertiary/aromatic N) is 1. The number of aromatic carboxylic acids is 1. The number of carbonyl (C=O) groups is 1. The van der Waals surface area contributed by atoms with Gasteiger partial charge in [0.1, 0.15) is 0 Å². The molecule has 2 N–H and O–H groups in total. The van der Waals surface area contributed by atoms with Crippen LogP contribution in [0.5, 0.6) is 0 Å². The van der Waals surface area contributed by atoms with E-state index in [0.717, 1.165) is 5.69 Å². The normalized spacial score (nSPS) is 9.59. The molecule has 0 bridgehead atoms. The molecule has 82 valence electrons. The average molecular weight is 224 g/mol. The summed E-state index contributed by atoms with van der Waals surface area (Å²) in [6.45, 7) is 1.46. The Balaban J connectivity index is 2.49. The molecular weight excluding hydrogens is 214 g/mol. The summed E-state index contributed by atoms with van der Waals surface area (Å²) in [6.07, 6.45) is 3.79. The number of hydrogen-bond acceptors (Lipinski definition) is 2. The fourth-order valence-corrected chi connectivity index (χ4v) is 1.62. The van der Waals surface area contributed by atoms with E-state index in [1.54, 1.807) is 18.2 Å². The summed E-state index contributed by atoms with van der Waals surface area (Å²) in [7, 11) is 3.54. The van der Waals surface area contributed by atoms with Gasteiger partial charge in [0.15, 0.2) is 0 Å². The second-order valence-corrected chi connectivity index (χ2v) is 3.47. The van der Waals surface area contributed by atoms with Gasteiger partial charge in [0, 0.05) is 0 Å². The van der Waals surface area contributed by atoms with Crippen molar-refractivity contribution in [3.8, 4) is 5.69 Å². The predicted octanol–water partition coefficient (Wildman–Crippen LogP) is 1.02. The first kappa shape index (κ1) is 11.4. The first-order valence-corrected chi connectivity index (χ1v) is 5.10. The Hall–Kier alpha value is -2.10. The van der Waals surface area contributed by atoms with E-state index >= 15 is 0 Å². The van der Waals surface area contributed by atoms with Crippen molar-refractivity contribution < 1.29 is 9.90 Å². The number of rotatable bonds is 4. The van der Waals surface area contributed by atoms with Crippen molar-refractivity contribution in [2.75, 3.05) is 5.23 Å². The Kier molecular flexibility index (Phi) is 3.23. The predicted molar refractivity (Wildman–Crippen MR) is 69.3 cm³/mol. The summed E-state index contributed by atoms with van der Waals surface area (Å²) in [4.78, 5) is 11.0. The van der Waals surface area contributed by atoms with Crippen LogP contribution in [0.1, 0.15) is 10.4 Å². The number of aromatic nitrogens is 1. The van der Waals surface area contributed by atoms with E-state index in [-0.39, 0.29) is 5.56 Å². The Morgan fingerprint density at radius 2 is 2.06 bits per heavy atom. The molecule has 1 aromatic carbocycles. The monoisotopic (exact) mass is 224 g/mol. The number of anilines is 1. The summed E-state index contributed by atoms with van der Waals surface area (Å²) in [6, 6.07) is 8.92. The molecule has 1 aromatic heterocycles. The van der Waals surface area contributed by atoms with Crippen LogP contribution in [0.2, 0.25) is 0 Å². The molecular formula is C11H10B2N2O2. The van der Waals surface area contributed by atoms with E-state index in [1.165, 1.54) is 6.94 Å². The standard InChI is InChI=1S/C11H10B2N2O2/c12-13-14-10-7-8(15-5-1-2-6-15)3-4-9(10)11(16)17/h1-7,12,14H,(H,16,17). The molecule has 6 heteroatoms. The van der Waals surface area contributed by atoms with Gasteiger partial charge >= 0.3 is 99.6 Å². The number of benzene rings is 1. The number of carboxylic acids is 1. The van der Waals surface area contributed by atoms with Gasteiger partial charge in [0.05, 0.1) is 0 Å². The van der Waals surface area contributed by atoms with Crippen LogP contribution in [0.15, 0.2) is 42.7 Å². The first-order chi connectivity index (χ1) is 8.22. The Bertz CT molecular complexity index is 553. The number of carboxylic acid groups (broad SMARTS) is 1. The van der Waals surface area contributed by atoms with Gasteiger partial charge < -0.3 is 0 Å². The van der Waals surface area contributed by atoms with E-state index in [9.17, 15) is 4.79 Å². The van der Waals surface area contributed by atoms with Crippen LogP contribution < -0.4 is 5.23 Å². The fourth-order valence-electron chi connectivity index (χ4n) is 1.62. The van der Waals surface area contributed by atoms with Crippen LogP contribution in [0.3, 0.4) is 0 Å². The van der Waals surface area contributed by atoms with Gasteiger partial charge in [-0.05, 0) is 0 Å². The Morgan fingerprint density at radius 3 is 2.65 bits per heavy atom. The van der Waals surface area contributed by atoms with Gasteiger partial charge in [-0.1, -0.05) is 0 Å². The van der Waals surface area contributed by atoms with Crippen molar-refractivity contribution in [1.82, 2.24) is 4.57 Å². The third-order valence-corrected chi connectivity index (χ3v) is 2.39. The summed E-state index contributed by atoms with van der Waals surface area (Å²) in [5.41, 5.74) is 1.64. The molecule has 0 unspecified atom stereocenters. The number of nitrogens with one attached hydrogen (secondary N) is 1. The zero-order chi connectivity index (χ0) is 12.3. The van der Waals surface area contributed by atoms with Crippen molar-refractivity contribution in [2.24, 2.45) is 0 Å². The van der Waals surface area contributed by atoms with Crippen molar-refractivity contribution in [1.29, 1.82) is 0 Å². The molecule has 17 heavy (non-hydrogen) atoms. The molecule has 0 amide bonds. The van der Waals surface area contributed by atoms with Crippen molar-refractivity contribution in [3.05, 3.63) is 48.3 Å². The van der Waals surface area contributed by atoms with Gasteiger partial charge in [-0.2, -0.15) is 0 Å². The zero-order valence-electron chi connectivity index (χ0n) is 9.13. The van der Waals surface area contributed by atoms with Gasteiger partial charge in [-0.3, -0.25) is 0 Å².